The van der Waals surface area contributed by atoms with E-state index in [1.807, 2.05) is 19.1 Å². The molecule has 0 aliphatic rings. The maximum atomic E-state index is 11.2. The van der Waals surface area contributed by atoms with Crippen molar-refractivity contribution in [3.63, 3.8) is 0 Å². The molecule has 0 radical (unpaired) electrons. The number of nitrogens with zero attached hydrogens (tertiary/aromatic N) is 2. The van der Waals surface area contributed by atoms with Gasteiger partial charge in [0.2, 0.25) is 5.88 Å². The molecule has 1 heterocycles. The molecular formula is C13H14N2O3. The molecule has 0 saturated carbocycles. The van der Waals surface area contributed by atoms with E-state index < -0.39 is 5.97 Å². The minimum Gasteiger partial charge on any atom is -0.477 e. The summed E-state index contributed by atoms with van der Waals surface area (Å²) in [6.07, 6.45) is 0. The Balaban J connectivity index is 2.39. The van der Waals surface area contributed by atoms with Gasteiger partial charge in [-0.05, 0) is 26.0 Å². The van der Waals surface area contributed by atoms with Gasteiger partial charge in [0.25, 0.3) is 0 Å². The van der Waals surface area contributed by atoms with Gasteiger partial charge in [0.15, 0.2) is 0 Å². The predicted molar refractivity (Wildman–Crippen MR) is 66.2 cm³/mol. The topological polar surface area (TPSA) is 64.3 Å². The molecule has 0 saturated heterocycles. The van der Waals surface area contributed by atoms with Gasteiger partial charge in [-0.1, -0.05) is 17.7 Å². The minimum atomic E-state index is -1.04. The Labute approximate surface area is 105 Å². The maximum absolute atomic E-state index is 11.2. The molecular weight excluding hydrogens is 232 g/mol. The lowest BCUT2D eigenvalue weighted by molar-refractivity contribution is 0.0693. The summed E-state index contributed by atoms with van der Waals surface area (Å²) in [5, 5.41) is 13.2. The van der Waals surface area contributed by atoms with Crippen LogP contribution in [0.5, 0.6) is 11.6 Å². The molecule has 0 amide bonds. The van der Waals surface area contributed by atoms with Gasteiger partial charge in [0.05, 0.1) is 5.69 Å². The van der Waals surface area contributed by atoms with E-state index in [0.29, 0.717) is 11.4 Å². The summed E-state index contributed by atoms with van der Waals surface area (Å²) in [6, 6.07) is 7.39. The first kappa shape index (κ1) is 12.2. The smallest absolute Gasteiger partial charge is 0.343 e. The highest BCUT2D eigenvalue weighted by molar-refractivity contribution is 5.91. The SMILES string of the molecule is Cc1ccc(Oc2c(C(=O)O)c(C)nn2C)cc1. The molecule has 0 unspecified atom stereocenters. The maximum Gasteiger partial charge on any atom is 0.343 e. The minimum absolute atomic E-state index is 0.0954. The second-order valence-corrected chi connectivity index (χ2v) is 4.11. The number of aryl methyl sites for hydroxylation is 3. The number of hydrogen-bond donors (Lipinski definition) is 1. The lowest BCUT2D eigenvalue weighted by Gasteiger charge is -2.07. The van der Waals surface area contributed by atoms with Gasteiger partial charge in [0, 0.05) is 7.05 Å². The lowest BCUT2D eigenvalue weighted by atomic mass is 10.2. The molecule has 1 aromatic carbocycles. The molecule has 2 aromatic rings. The van der Waals surface area contributed by atoms with Crippen molar-refractivity contribution >= 4 is 5.97 Å². The van der Waals surface area contributed by atoms with Crippen LogP contribution in [-0.4, -0.2) is 20.9 Å². The van der Waals surface area contributed by atoms with Crippen LogP contribution in [-0.2, 0) is 7.05 Å². The number of carbonyl (C=O) groups is 1. The summed E-state index contributed by atoms with van der Waals surface area (Å²) >= 11 is 0. The summed E-state index contributed by atoms with van der Waals surface area (Å²) < 4.78 is 7.03. The number of benzene rings is 1. The third kappa shape index (κ3) is 2.20. The van der Waals surface area contributed by atoms with Crippen molar-refractivity contribution in [1.82, 2.24) is 9.78 Å². The summed E-state index contributed by atoms with van der Waals surface area (Å²) in [4.78, 5) is 11.2. The van der Waals surface area contributed by atoms with E-state index in [1.165, 1.54) is 4.68 Å². The van der Waals surface area contributed by atoms with Crippen LogP contribution < -0.4 is 4.74 Å². The van der Waals surface area contributed by atoms with Gasteiger partial charge in [-0.2, -0.15) is 5.10 Å². The van der Waals surface area contributed by atoms with Crippen LogP contribution in [0.2, 0.25) is 0 Å². The number of carboxylic acids is 1. The number of rotatable bonds is 3. The third-order valence-corrected chi connectivity index (χ3v) is 2.62. The molecule has 94 valence electrons. The zero-order valence-electron chi connectivity index (χ0n) is 10.5. The third-order valence-electron chi connectivity index (χ3n) is 2.62. The van der Waals surface area contributed by atoms with Crippen molar-refractivity contribution in [1.29, 1.82) is 0 Å². The fraction of sp³-hybridized carbons (Fsp3) is 0.231. The van der Waals surface area contributed by atoms with E-state index in [9.17, 15) is 4.79 Å². The van der Waals surface area contributed by atoms with Crippen LogP contribution in [0, 0.1) is 13.8 Å². The average molecular weight is 246 g/mol. The lowest BCUT2D eigenvalue weighted by Crippen LogP contribution is -2.01. The molecule has 0 atom stereocenters. The molecule has 0 spiro atoms. The second-order valence-electron chi connectivity index (χ2n) is 4.11. The first-order chi connectivity index (χ1) is 8.49. The summed E-state index contributed by atoms with van der Waals surface area (Å²) in [7, 11) is 1.66. The second kappa shape index (κ2) is 4.52. The molecule has 18 heavy (non-hydrogen) atoms. The van der Waals surface area contributed by atoms with Crippen LogP contribution in [0.4, 0.5) is 0 Å². The van der Waals surface area contributed by atoms with Gasteiger partial charge in [0.1, 0.15) is 11.3 Å². The van der Waals surface area contributed by atoms with Crippen molar-refractivity contribution in [2.75, 3.05) is 0 Å². The van der Waals surface area contributed by atoms with Gasteiger partial charge < -0.3 is 9.84 Å². The van der Waals surface area contributed by atoms with Crippen molar-refractivity contribution in [3.8, 4) is 11.6 Å². The first-order valence-electron chi connectivity index (χ1n) is 5.50. The highest BCUT2D eigenvalue weighted by Gasteiger charge is 2.21. The molecule has 1 N–H and O–H groups in total. The molecule has 0 aliphatic heterocycles. The monoisotopic (exact) mass is 246 g/mol. The molecule has 0 bridgehead atoms. The van der Waals surface area contributed by atoms with E-state index >= 15 is 0 Å². The fourth-order valence-corrected chi connectivity index (χ4v) is 1.72. The first-order valence-corrected chi connectivity index (χ1v) is 5.50. The Kier molecular flexibility index (Phi) is 3.06. The van der Waals surface area contributed by atoms with Crippen molar-refractivity contribution in [3.05, 3.63) is 41.1 Å². The summed E-state index contributed by atoms with van der Waals surface area (Å²) in [5.41, 5.74) is 1.65. The molecule has 1 aromatic heterocycles. The molecule has 5 heteroatoms. The molecule has 0 fully saturated rings. The van der Waals surface area contributed by atoms with E-state index in [4.69, 9.17) is 9.84 Å². The predicted octanol–water partition coefficient (Wildman–Crippen LogP) is 2.53. The number of carboxylic acid groups (broad SMARTS) is 1. The Morgan fingerprint density at radius 3 is 2.44 bits per heavy atom. The van der Waals surface area contributed by atoms with Crippen molar-refractivity contribution in [2.45, 2.75) is 13.8 Å². The van der Waals surface area contributed by atoms with Crippen LogP contribution in [0.3, 0.4) is 0 Å². The normalized spacial score (nSPS) is 10.4. The van der Waals surface area contributed by atoms with E-state index in [2.05, 4.69) is 5.10 Å². The molecule has 2 rings (SSSR count). The van der Waals surface area contributed by atoms with Crippen LogP contribution in [0.1, 0.15) is 21.6 Å². The number of hydrogen-bond acceptors (Lipinski definition) is 3. The summed E-state index contributed by atoms with van der Waals surface area (Å²) in [5.74, 6) is -0.210. The Morgan fingerprint density at radius 2 is 1.89 bits per heavy atom. The average Bonchev–Trinajstić information content (AvgIpc) is 2.57. The quantitative estimate of drug-likeness (QED) is 0.903. The Hall–Kier alpha value is -2.30. The zero-order valence-corrected chi connectivity index (χ0v) is 10.5. The largest absolute Gasteiger partial charge is 0.477 e. The van der Waals surface area contributed by atoms with Gasteiger partial charge in [-0.3, -0.25) is 0 Å². The van der Waals surface area contributed by atoms with Gasteiger partial charge in [-0.15, -0.1) is 0 Å². The van der Waals surface area contributed by atoms with E-state index in [-0.39, 0.29) is 11.4 Å². The van der Waals surface area contributed by atoms with Gasteiger partial charge in [-0.25, -0.2) is 9.48 Å². The summed E-state index contributed by atoms with van der Waals surface area (Å²) in [6.45, 7) is 3.62. The highest BCUT2D eigenvalue weighted by atomic mass is 16.5. The van der Waals surface area contributed by atoms with Gasteiger partial charge >= 0.3 is 5.97 Å². The van der Waals surface area contributed by atoms with Crippen molar-refractivity contribution in [2.24, 2.45) is 7.05 Å². The number of aromatic nitrogens is 2. The van der Waals surface area contributed by atoms with E-state index in [1.54, 1.807) is 26.1 Å². The van der Waals surface area contributed by atoms with Crippen LogP contribution >= 0.6 is 0 Å². The Morgan fingerprint density at radius 1 is 1.28 bits per heavy atom. The number of ether oxygens (including phenoxy) is 1. The Bertz CT molecular complexity index is 585. The molecule has 5 nitrogen and oxygen atoms in total. The van der Waals surface area contributed by atoms with Crippen LogP contribution in [0.15, 0.2) is 24.3 Å². The number of aromatic carboxylic acids is 1. The highest BCUT2D eigenvalue weighted by Crippen LogP contribution is 2.27. The van der Waals surface area contributed by atoms with E-state index in [0.717, 1.165) is 5.56 Å². The fourth-order valence-electron chi connectivity index (χ4n) is 1.72. The van der Waals surface area contributed by atoms with Crippen molar-refractivity contribution < 1.29 is 14.6 Å². The molecule has 0 aliphatic carbocycles. The zero-order chi connectivity index (χ0) is 13.3. The van der Waals surface area contributed by atoms with Crippen LogP contribution in [0.25, 0.3) is 0 Å². The standard InChI is InChI=1S/C13H14N2O3/c1-8-4-6-10(7-5-8)18-12-11(13(16)17)9(2)14-15(12)3/h4-7H,1-3H3,(H,16,17).